The molecule has 1 aliphatic heterocycles. The minimum Gasteiger partial charge on any atom is -0.338 e. The Morgan fingerprint density at radius 1 is 1.08 bits per heavy atom. The zero-order valence-electron chi connectivity index (χ0n) is 19.9. The van der Waals surface area contributed by atoms with Gasteiger partial charge < -0.3 is 14.7 Å². The van der Waals surface area contributed by atoms with Gasteiger partial charge in [-0.15, -0.1) is 11.3 Å². The summed E-state index contributed by atoms with van der Waals surface area (Å²) < 4.78 is 63.5. The monoisotopic (exact) mass is 554 g/mol. The Labute approximate surface area is 222 Å². The second-order valence-electron chi connectivity index (χ2n) is 9.02. The summed E-state index contributed by atoms with van der Waals surface area (Å²) in [6.45, 7) is -0.937. The molecular weight excluding hydrogens is 536 g/mol. The summed E-state index contributed by atoms with van der Waals surface area (Å²) in [6, 6.07) is 13.4. The van der Waals surface area contributed by atoms with Crippen LogP contribution in [0, 0.1) is 5.82 Å². The zero-order valence-corrected chi connectivity index (χ0v) is 20.8. The number of rotatable bonds is 4. The number of likely N-dealkylation sites (tertiary alicyclic amines) is 1. The summed E-state index contributed by atoms with van der Waals surface area (Å²) in [7, 11) is 0. The first-order valence-electron chi connectivity index (χ1n) is 11.8. The minimum absolute atomic E-state index is 0.00860. The molecule has 4 heterocycles. The molecule has 1 N–H and O–H groups in total. The van der Waals surface area contributed by atoms with Gasteiger partial charge in [0.1, 0.15) is 10.8 Å². The molecule has 0 bridgehead atoms. The van der Waals surface area contributed by atoms with Gasteiger partial charge >= 0.3 is 12.2 Å². The standard InChI is InChI=1S/C26H18F4N6O2S/c27-16-5-6-18(17(13-16)22-32-19-3-1-2-4-20(19)39-22)33-24(37)36-12-9-25(14-36,26(28,29)30)23-34-21(35-38-23)15-7-10-31-11-8-15/h1-8,10-11,13H,9,12,14H2,(H,33,37). The Morgan fingerprint density at radius 3 is 2.64 bits per heavy atom. The Kier molecular flexibility index (Phi) is 6.02. The summed E-state index contributed by atoms with van der Waals surface area (Å²) in [6.07, 6.45) is -2.31. The predicted octanol–water partition coefficient (Wildman–Crippen LogP) is 6.29. The number of anilines is 1. The van der Waals surface area contributed by atoms with E-state index < -0.39 is 42.3 Å². The van der Waals surface area contributed by atoms with E-state index in [4.69, 9.17) is 4.52 Å². The van der Waals surface area contributed by atoms with Crippen molar-refractivity contribution in [3.63, 3.8) is 0 Å². The number of halogens is 4. The van der Waals surface area contributed by atoms with E-state index in [2.05, 4.69) is 25.4 Å². The predicted molar refractivity (Wildman–Crippen MR) is 135 cm³/mol. The van der Waals surface area contributed by atoms with Gasteiger partial charge in [-0.05, 0) is 48.9 Å². The van der Waals surface area contributed by atoms with E-state index in [-0.39, 0.29) is 18.1 Å². The molecule has 5 aromatic rings. The fraction of sp³-hybridized carbons (Fsp3) is 0.192. The number of nitrogens with one attached hydrogen (secondary N) is 1. The van der Waals surface area contributed by atoms with Crippen LogP contribution in [0.2, 0.25) is 0 Å². The van der Waals surface area contributed by atoms with Crippen LogP contribution in [0.1, 0.15) is 12.3 Å². The first kappa shape index (κ1) is 24.9. The van der Waals surface area contributed by atoms with Crippen molar-refractivity contribution < 1.29 is 26.9 Å². The number of pyridine rings is 1. The van der Waals surface area contributed by atoms with E-state index in [1.165, 1.54) is 35.9 Å². The molecule has 1 saturated heterocycles. The molecule has 1 unspecified atom stereocenters. The van der Waals surface area contributed by atoms with Crippen molar-refractivity contribution in [3.05, 3.63) is 78.7 Å². The Balaban J connectivity index is 1.27. The molecule has 0 radical (unpaired) electrons. The third-order valence-electron chi connectivity index (χ3n) is 6.62. The number of carbonyl (C=O) groups excluding carboxylic acids is 1. The lowest BCUT2D eigenvalue weighted by atomic mass is 9.86. The molecular formula is C26H18F4N6O2S. The van der Waals surface area contributed by atoms with Crippen LogP contribution in [0.5, 0.6) is 0 Å². The van der Waals surface area contributed by atoms with Crippen molar-refractivity contribution in [2.45, 2.75) is 18.0 Å². The molecule has 198 valence electrons. The Bertz CT molecular complexity index is 1640. The first-order valence-corrected chi connectivity index (χ1v) is 12.6. The number of aromatic nitrogens is 4. The highest BCUT2D eigenvalue weighted by Gasteiger charge is 2.63. The van der Waals surface area contributed by atoms with Crippen LogP contribution < -0.4 is 5.32 Å². The van der Waals surface area contributed by atoms with Gasteiger partial charge in [0.2, 0.25) is 11.7 Å². The molecule has 2 aromatic carbocycles. The zero-order chi connectivity index (χ0) is 27.2. The molecule has 3 aromatic heterocycles. The second-order valence-corrected chi connectivity index (χ2v) is 10.0. The van der Waals surface area contributed by atoms with E-state index in [0.717, 1.165) is 15.7 Å². The topological polar surface area (TPSA) is 97.0 Å². The van der Waals surface area contributed by atoms with Crippen molar-refractivity contribution in [3.8, 4) is 22.0 Å². The molecule has 1 fully saturated rings. The number of amides is 2. The normalized spacial score (nSPS) is 17.6. The lowest BCUT2D eigenvalue weighted by Gasteiger charge is -2.28. The number of carbonyl (C=O) groups is 1. The van der Waals surface area contributed by atoms with Gasteiger partial charge in [-0.25, -0.2) is 14.2 Å². The van der Waals surface area contributed by atoms with Gasteiger partial charge in [-0.1, -0.05) is 17.3 Å². The van der Waals surface area contributed by atoms with Crippen molar-refractivity contribution in [2.24, 2.45) is 0 Å². The maximum Gasteiger partial charge on any atom is 0.405 e. The van der Waals surface area contributed by atoms with E-state index in [1.807, 2.05) is 24.3 Å². The fourth-order valence-corrected chi connectivity index (χ4v) is 5.53. The van der Waals surface area contributed by atoms with Crippen LogP contribution in [0.25, 0.3) is 32.2 Å². The first-order chi connectivity index (χ1) is 18.7. The molecule has 2 amide bonds. The smallest absolute Gasteiger partial charge is 0.338 e. The molecule has 1 aliphatic rings. The lowest BCUT2D eigenvalue weighted by molar-refractivity contribution is -0.193. The largest absolute Gasteiger partial charge is 0.405 e. The molecule has 0 spiro atoms. The molecule has 6 rings (SSSR count). The summed E-state index contributed by atoms with van der Waals surface area (Å²) in [5.74, 6) is -1.17. The van der Waals surface area contributed by atoms with Crippen molar-refractivity contribution in [2.75, 3.05) is 18.4 Å². The van der Waals surface area contributed by atoms with E-state index in [1.54, 1.807) is 12.1 Å². The van der Waals surface area contributed by atoms with E-state index in [0.29, 0.717) is 21.7 Å². The number of alkyl halides is 3. The number of para-hydroxylation sites is 1. The van der Waals surface area contributed by atoms with Gasteiger partial charge in [0.05, 0.1) is 15.9 Å². The summed E-state index contributed by atoms with van der Waals surface area (Å²) in [5, 5.41) is 6.83. The highest BCUT2D eigenvalue weighted by atomic mass is 32.1. The number of thiazole rings is 1. The summed E-state index contributed by atoms with van der Waals surface area (Å²) in [5.41, 5.74) is -0.836. The molecule has 8 nitrogen and oxygen atoms in total. The number of benzene rings is 2. The highest BCUT2D eigenvalue weighted by molar-refractivity contribution is 7.21. The minimum atomic E-state index is -4.77. The Hall–Kier alpha value is -4.39. The third-order valence-corrected chi connectivity index (χ3v) is 7.69. The molecule has 39 heavy (non-hydrogen) atoms. The quantitative estimate of drug-likeness (QED) is 0.263. The van der Waals surface area contributed by atoms with Gasteiger partial charge in [-0.3, -0.25) is 4.98 Å². The van der Waals surface area contributed by atoms with Crippen LogP contribution in [0.3, 0.4) is 0 Å². The van der Waals surface area contributed by atoms with Crippen molar-refractivity contribution in [1.29, 1.82) is 0 Å². The lowest BCUT2D eigenvalue weighted by Crippen LogP contribution is -2.46. The Morgan fingerprint density at radius 2 is 1.87 bits per heavy atom. The van der Waals surface area contributed by atoms with Crippen LogP contribution in [0.15, 0.2) is 71.5 Å². The van der Waals surface area contributed by atoms with Crippen LogP contribution in [0.4, 0.5) is 28.0 Å². The number of hydrogen-bond acceptors (Lipinski definition) is 7. The number of fused-ring (bicyclic) bond motifs is 1. The fourth-order valence-electron chi connectivity index (χ4n) is 4.53. The van der Waals surface area contributed by atoms with Crippen LogP contribution >= 0.6 is 11.3 Å². The molecule has 1 atom stereocenters. The average molecular weight is 555 g/mol. The number of nitrogens with zero attached hydrogens (tertiary/aromatic N) is 5. The van der Waals surface area contributed by atoms with E-state index >= 15 is 0 Å². The van der Waals surface area contributed by atoms with Crippen molar-refractivity contribution in [1.82, 2.24) is 25.0 Å². The number of hydrogen-bond donors (Lipinski definition) is 1. The van der Waals surface area contributed by atoms with Crippen LogP contribution in [-0.2, 0) is 5.41 Å². The van der Waals surface area contributed by atoms with Gasteiger partial charge in [0.15, 0.2) is 5.41 Å². The maximum atomic E-state index is 14.5. The summed E-state index contributed by atoms with van der Waals surface area (Å²) in [4.78, 5) is 26.6. The average Bonchev–Trinajstić information content (AvgIpc) is 3.68. The molecule has 13 heteroatoms. The maximum absolute atomic E-state index is 14.5. The van der Waals surface area contributed by atoms with Gasteiger partial charge in [0.25, 0.3) is 0 Å². The van der Waals surface area contributed by atoms with Crippen LogP contribution in [-0.4, -0.2) is 50.3 Å². The van der Waals surface area contributed by atoms with E-state index in [9.17, 15) is 22.4 Å². The third kappa shape index (κ3) is 4.48. The highest BCUT2D eigenvalue weighted by Crippen LogP contribution is 2.47. The van der Waals surface area contributed by atoms with Crippen molar-refractivity contribution >= 4 is 33.3 Å². The number of urea groups is 1. The molecule has 0 aliphatic carbocycles. The van der Waals surface area contributed by atoms with Gasteiger partial charge in [0, 0.05) is 36.6 Å². The SMILES string of the molecule is O=C(Nc1ccc(F)cc1-c1nc2ccccc2s1)N1CCC(c2nc(-c3ccncc3)no2)(C(F)(F)F)C1. The molecule has 0 saturated carbocycles. The second kappa shape index (κ2) is 9.42. The summed E-state index contributed by atoms with van der Waals surface area (Å²) >= 11 is 1.31. The van der Waals surface area contributed by atoms with Gasteiger partial charge in [-0.2, -0.15) is 18.2 Å².